The lowest BCUT2D eigenvalue weighted by Gasteiger charge is -2.30. The molecule has 1 aliphatic rings. The molecule has 0 fully saturated rings. The summed E-state index contributed by atoms with van der Waals surface area (Å²) in [6.45, 7) is 16.4. The third-order valence-corrected chi connectivity index (χ3v) is 6.61. The molecule has 0 saturated carbocycles. The van der Waals surface area contributed by atoms with Crippen molar-refractivity contribution in [3.8, 4) is 17.2 Å². The summed E-state index contributed by atoms with van der Waals surface area (Å²) < 4.78 is 32.4. The molecule has 0 amide bonds. The van der Waals surface area contributed by atoms with Gasteiger partial charge in [-0.05, 0) is 56.9 Å². The van der Waals surface area contributed by atoms with E-state index in [4.69, 9.17) is 19.6 Å². The number of methoxy groups -OCH3 is 1. The average molecular weight is 595 g/mol. The number of anilines is 1. The van der Waals surface area contributed by atoms with E-state index in [9.17, 15) is 4.79 Å². The molecule has 0 atom stereocenters. The lowest BCUT2D eigenvalue weighted by Crippen LogP contribution is -2.31. The number of ether oxygens (including phenoxy) is 3. The fraction of sp³-hybridized carbons (Fsp3) is 0.517. The standard InChI is InChI=1S/C29H40FN3O4.BrH/c1-9-32(10-2)21-14-18(13-20(26(21)35-8)29(5,6)7)22(34)17-33-16-19-15-23(36-11-3)27(37-12-4)25(30)24(19)28(33)31;/h13-15,31H,9-12,16-17H2,1-8H3;1H. The molecule has 1 heterocycles. The van der Waals surface area contributed by atoms with E-state index < -0.39 is 5.82 Å². The topological polar surface area (TPSA) is 75.1 Å². The number of Topliss-reactive ketones (excluding diaryl/α,β-unsaturated/α-hetero) is 1. The van der Waals surface area contributed by atoms with E-state index in [-0.39, 0.29) is 65.0 Å². The Labute approximate surface area is 236 Å². The van der Waals surface area contributed by atoms with E-state index in [2.05, 4.69) is 39.5 Å². The zero-order valence-electron chi connectivity index (χ0n) is 23.8. The summed E-state index contributed by atoms with van der Waals surface area (Å²) in [6.07, 6.45) is 0. The van der Waals surface area contributed by atoms with Crippen LogP contribution in [0.15, 0.2) is 18.2 Å². The van der Waals surface area contributed by atoms with E-state index in [1.807, 2.05) is 19.1 Å². The maximum Gasteiger partial charge on any atom is 0.197 e. The Balaban J connectivity index is 0.00000507. The highest BCUT2D eigenvalue weighted by Gasteiger charge is 2.34. The van der Waals surface area contributed by atoms with E-state index in [0.29, 0.717) is 23.5 Å². The Morgan fingerprint density at radius 2 is 1.68 bits per heavy atom. The molecule has 2 aromatic rings. The number of hydrogen-bond donors (Lipinski definition) is 1. The summed E-state index contributed by atoms with van der Waals surface area (Å²) in [7, 11) is 1.66. The smallest absolute Gasteiger partial charge is 0.197 e. The molecule has 2 aromatic carbocycles. The normalized spacial score (nSPS) is 12.7. The Morgan fingerprint density at radius 1 is 1.05 bits per heavy atom. The number of fused-ring (bicyclic) bond motifs is 1. The SMILES string of the molecule is Br.CCOc1cc2c(c(F)c1OCC)C(=N)N(CC(=O)c1cc(N(CC)CC)c(OC)c(C(C)(C)C)c1)C2. The molecule has 0 unspecified atom stereocenters. The van der Waals surface area contributed by atoms with Gasteiger partial charge in [0.15, 0.2) is 23.1 Å². The Hall–Kier alpha value is -2.81. The average Bonchev–Trinajstić information content (AvgIpc) is 3.16. The van der Waals surface area contributed by atoms with Crippen LogP contribution < -0.4 is 19.1 Å². The van der Waals surface area contributed by atoms with Gasteiger partial charge in [-0.2, -0.15) is 0 Å². The number of ketones is 1. The lowest BCUT2D eigenvalue weighted by molar-refractivity contribution is 0.0962. The predicted octanol–water partition coefficient (Wildman–Crippen LogP) is 6.38. The van der Waals surface area contributed by atoms with Crippen LogP contribution in [0.1, 0.15) is 75.5 Å². The van der Waals surface area contributed by atoms with Gasteiger partial charge in [-0.1, -0.05) is 20.8 Å². The van der Waals surface area contributed by atoms with Crippen LogP contribution in [0.2, 0.25) is 0 Å². The number of hydrogen-bond acceptors (Lipinski definition) is 6. The molecular weight excluding hydrogens is 553 g/mol. The highest BCUT2D eigenvalue weighted by molar-refractivity contribution is 8.93. The minimum atomic E-state index is -0.619. The second-order valence-corrected chi connectivity index (χ2v) is 10.0. The molecule has 1 N–H and O–H groups in total. The fourth-order valence-electron chi connectivity index (χ4n) is 4.77. The minimum absolute atomic E-state index is 0. The summed E-state index contributed by atoms with van der Waals surface area (Å²) in [5, 5.41) is 8.67. The van der Waals surface area contributed by atoms with Crippen LogP contribution in [0, 0.1) is 11.2 Å². The van der Waals surface area contributed by atoms with Crippen LogP contribution in [0.4, 0.5) is 10.1 Å². The van der Waals surface area contributed by atoms with Crippen molar-refractivity contribution < 1.29 is 23.4 Å². The second-order valence-electron chi connectivity index (χ2n) is 10.0. The van der Waals surface area contributed by atoms with Crippen molar-refractivity contribution >= 4 is 34.3 Å². The van der Waals surface area contributed by atoms with Gasteiger partial charge in [-0.25, -0.2) is 4.39 Å². The van der Waals surface area contributed by atoms with Crippen molar-refractivity contribution in [2.24, 2.45) is 0 Å². The van der Waals surface area contributed by atoms with Gasteiger partial charge in [0.2, 0.25) is 0 Å². The lowest BCUT2D eigenvalue weighted by atomic mass is 9.84. The third kappa shape index (κ3) is 6.08. The molecule has 0 saturated heterocycles. The molecule has 0 aromatic heterocycles. The van der Waals surface area contributed by atoms with Crippen LogP contribution >= 0.6 is 17.0 Å². The first-order chi connectivity index (χ1) is 17.5. The van der Waals surface area contributed by atoms with Crippen molar-refractivity contribution in [3.63, 3.8) is 0 Å². The molecular formula is C29H41BrFN3O4. The highest BCUT2D eigenvalue weighted by atomic mass is 79.9. The number of nitrogens with one attached hydrogen (secondary N) is 1. The van der Waals surface area contributed by atoms with Crippen LogP contribution in [0.3, 0.4) is 0 Å². The molecule has 7 nitrogen and oxygen atoms in total. The van der Waals surface area contributed by atoms with Crippen molar-refractivity contribution in [1.82, 2.24) is 4.90 Å². The van der Waals surface area contributed by atoms with Crippen molar-refractivity contribution in [2.75, 3.05) is 44.9 Å². The molecule has 38 heavy (non-hydrogen) atoms. The van der Waals surface area contributed by atoms with Crippen LogP contribution in [-0.2, 0) is 12.0 Å². The van der Waals surface area contributed by atoms with Gasteiger partial charge >= 0.3 is 0 Å². The highest BCUT2D eigenvalue weighted by Crippen LogP contribution is 2.41. The second kappa shape index (κ2) is 12.8. The van der Waals surface area contributed by atoms with Gasteiger partial charge in [0.05, 0.1) is 38.1 Å². The quantitative estimate of drug-likeness (QED) is 0.305. The van der Waals surface area contributed by atoms with Crippen LogP contribution in [-0.4, -0.2) is 56.5 Å². The Bertz CT molecular complexity index is 1180. The predicted molar refractivity (Wildman–Crippen MR) is 156 cm³/mol. The summed E-state index contributed by atoms with van der Waals surface area (Å²) in [5.41, 5.74) is 2.87. The van der Waals surface area contributed by atoms with Gasteiger partial charge in [0.1, 0.15) is 11.6 Å². The van der Waals surface area contributed by atoms with Gasteiger partial charge in [0.25, 0.3) is 0 Å². The number of halogens is 2. The summed E-state index contributed by atoms with van der Waals surface area (Å²) >= 11 is 0. The molecule has 1 aliphatic heterocycles. The Kier molecular flexibility index (Phi) is 10.6. The van der Waals surface area contributed by atoms with Crippen molar-refractivity contribution in [1.29, 1.82) is 5.41 Å². The first-order valence-electron chi connectivity index (χ1n) is 13.0. The molecule has 3 rings (SSSR count). The number of carbonyl (C=O) groups is 1. The monoisotopic (exact) mass is 593 g/mol. The zero-order valence-corrected chi connectivity index (χ0v) is 25.5. The number of rotatable bonds is 11. The molecule has 0 aliphatic carbocycles. The maximum absolute atomic E-state index is 15.4. The van der Waals surface area contributed by atoms with E-state index in [0.717, 1.165) is 30.1 Å². The largest absolute Gasteiger partial charge is 0.494 e. The van der Waals surface area contributed by atoms with Crippen LogP contribution in [0.25, 0.3) is 0 Å². The summed E-state index contributed by atoms with van der Waals surface area (Å²) in [5.74, 6) is 0.298. The number of benzene rings is 2. The molecule has 0 radical (unpaired) electrons. The van der Waals surface area contributed by atoms with Crippen LogP contribution in [0.5, 0.6) is 17.2 Å². The van der Waals surface area contributed by atoms with Crippen molar-refractivity contribution in [2.45, 2.75) is 60.4 Å². The zero-order chi connectivity index (χ0) is 27.5. The first kappa shape index (κ1) is 31.4. The van der Waals surface area contributed by atoms with Gasteiger partial charge in [0, 0.05) is 30.8 Å². The number of nitrogens with zero attached hydrogens (tertiary/aromatic N) is 2. The van der Waals surface area contributed by atoms with E-state index in [1.54, 1.807) is 25.0 Å². The van der Waals surface area contributed by atoms with Gasteiger partial charge < -0.3 is 24.0 Å². The van der Waals surface area contributed by atoms with Gasteiger partial charge in [-0.3, -0.25) is 10.2 Å². The van der Waals surface area contributed by atoms with Crippen molar-refractivity contribution in [3.05, 3.63) is 46.3 Å². The molecule has 210 valence electrons. The van der Waals surface area contributed by atoms with E-state index >= 15 is 4.39 Å². The number of amidine groups is 1. The summed E-state index contributed by atoms with van der Waals surface area (Å²) in [4.78, 5) is 17.4. The minimum Gasteiger partial charge on any atom is -0.494 e. The third-order valence-electron chi connectivity index (χ3n) is 6.61. The number of carbonyl (C=O) groups excluding carboxylic acids is 1. The summed E-state index contributed by atoms with van der Waals surface area (Å²) in [6, 6.07) is 5.48. The van der Waals surface area contributed by atoms with E-state index in [1.165, 1.54) is 0 Å². The fourth-order valence-corrected chi connectivity index (χ4v) is 4.77. The molecule has 9 heteroatoms. The Morgan fingerprint density at radius 3 is 2.21 bits per heavy atom. The molecule has 0 bridgehead atoms. The first-order valence-corrected chi connectivity index (χ1v) is 13.0. The molecule has 0 spiro atoms. The maximum atomic E-state index is 15.4. The van der Waals surface area contributed by atoms with Gasteiger partial charge in [-0.15, -0.1) is 17.0 Å².